The van der Waals surface area contributed by atoms with E-state index in [0.29, 0.717) is 17.4 Å². The third-order valence-electron chi connectivity index (χ3n) is 3.64. The number of aromatic amines is 1. The number of benzene rings is 1. The van der Waals surface area contributed by atoms with Crippen LogP contribution in [0.3, 0.4) is 0 Å². The van der Waals surface area contributed by atoms with E-state index >= 15 is 0 Å². The predicted molar refractivity (Wildman–Crippen MR) is 76.1 cm³/mol. The third-order valence-corrected chi connectivity index (χ3v) is 3.64. The van der Waals surface area contributed by atoms with Crippen molar-refractivity contribution < 1.29 is 9.72 Å². The van der Waals surface area contributed by atoms with Crippen molar-refractivity contribution in [3.05, 3.63) is 34.0 Å². The molecule has 1 aliphatic rings. The minimum Gasteiger partial charge on any atom is -0.349 e. The number of hydrogen-bond donors (Lipinski definition) is 3. The molecule has 1 aromatic carbocycles. The molecular weight excluding hydrogens is 274 g/mol. The lowest BCUT2D eigenvalue weighted by atomic mass is 10.1. The van der Waals surface area contributed by atoms with Crippen LogP contribution in [0.1, 0.15) is 23.3 Å². The molecule has 2 heterocycles. The van der Waals surface area contributed by atoms with Gasteiger partial charge in [0.2, 0.25) is 0 Å². The Morgan fingerprint density at radius 1 is 1.52 bits per heavy atom. The second kappa shape index (κ2) is 5.49. The number of nitrogens with zero attached hydrogens (tertiary/aromatic N) is 2. The van der Waals surface area contributed by atoms with Crippen LogP contribution < -0.4 is 10.6 Å². The molecule has 3 N–H and O–H groups in total. The van der Waals surface area contributed by atoms with Gasteiger partial charge in [0.05, 0.1) is 10.4 Å². The Bertz CT molecular complexity index is 690. The lowest BCUT2D eigenvalue weighted by Gasteiger charge is -2.10. The summed E-state index contributed by atoms with van der Waals surface area (Å²) in [5, 5.41) is 24.0. The number of H-pyrrole nitrogens is 1. The molecule has 0 saturated carbocycles. The van der Waals surface area contributed by atoms with Gasteiger partial charge in [0.15, 0.2) is 5.69 Å². The highest BCUT2D eigenvalue weighted by molar-refractivity contribution is 6.05. The number of rotatable bonds is 4. The highest BCUT2D eigenvalue weighted by Crippen LogP contribution is 2.22. The highest BCUT2D eigenvalue weighted by Gasteiger charge is 2.19. The Labute approximate surface area is 120 Å². The van der Waals surface area contributed by atoms with Gasteiger partial charge in [-0.15, -0.1) is 0 Å². The van der Waals surface area contributed by atoms with Crippen LogP contribution >= 0.6 is 0 Å². The number of fused-ring (bicyclic) bond motifs is 1. The van der Waals surface area contributed by atoms with Crippen molar-refractivity contribution in [1.29, 1.82) is 0 Å². The van der Waals surface area contributed by atoms with Crippen LogP contribution in [-0.2, 0) is 0 Å². The Balaban J connectivity index is 1.80. The first-order chi connectivity index (χ1) is 10.1. The molecule has 1 saturated heterocycles. The minimum absolute atomic E-state index is 0.0598. The van der Waals surface area contributed by atoms with E-state index in [1.165, 1.54) is 12.1 Å². The summed E-state index contributed by atoms with van der Waals surface area (Å²) in [7, 11) is 0. The molecule has 1 aromatic heterocycles. The maximum atomic E-state index is 12.2. The molecule has 1 unspecified atom stereocenters. The van der Waals surface area contributed by atoms with Gasteiger partial charge >= 0.3 is 0 Å². The van der Waals surface area contributed by atoms with Gasteiger partial charge < -0.3 is 10.6 Å². The van der Waals surface area contributed by atoms with Crippen molar-refractivity contribution in [3.63, 3.8) is 0 Å². The van der Waals surface area contributed by atoms with Crippen LogP contribution in [0, 0.1) is 10.1 Å². The summed E-state index contributed by atoms with van der Waals surface area (Å²) in [4.78, 5) is 22.5. The standard InChI is InChI=1S/C13H15N5O3/c19-13(15-7-8-2-1-5-14-8)12-10-6-9(18(20)21)3-4-11(10)16-17-12/h3-4,6,8,14H,1-2,5,7H2,(H,15,19)(H,16,17). The maximum absolute atomic E-state index is 12.2. The average Bonchev–Trinajstić information content (AvgIpc) is 3.13. The molecule has 3 rings (SSSR count). The van der Waals surface area contributed by atoms with E-state index in [9.17, 15) is 14.9 Å². The molecule has 0 radical (unpaired) electrons. The number of nitrogens with one attached hydrogen (secondary N) is 3. The third kappa shape index (κ3) is 2.70. The predicted octanol–water partition coefficient (Wildman–Crippen LogP) is 0.953. The summed E-state index contributed by atoms with van der Waals surface area (Å²) in [5.74, 6) is -0.324. The van der Waals surface area contributed by atoms with E-state index in [4.69, 9.17) is 0 Å². The first-order valence-electron chi connectivity index (χ1n) is 6.79. The molecular formula is C13H15N5O3. The minimum atomic E-state index is -0.490. The molecule has 110 valence electrons. The summed E-state index contributed by atoms with van der Waals surface area (Å²) in [6.07, 6.45) is 2.14. The first kappa shape index (κ1) is 13.5. The number of non-ortho nitro benzene ring substituents is 1. The topological polar surface area (TPSA) is 113 Å². The number of carbonyl (C=O) groups is 1. The van der Waals surface area contributed by atoms with E-state index in [-0.39, 0.29) is 23.3 Å². The molecule has 0 spiro atoms. The molecule has 1 fully saturated rings. The van der Waals surface area contributed by atoms with Gasteiger partial charge in [-0.3, -0.25) is 20.0 Å². The van der Waals surface area contributed by atoms with Crippen molar-refractivity contribution in [2.45, 2.75) is 18.9 Å². The maximum Gasteiger partial charge on any atom is 0.272 e. The summed E-state index contributed by atoms with van der Waals surface area (Å²) in [6.45, 7) is 1.50. The first-order valence-corrected chi connectivity index (χ1v) is 6.79. The zero-order chi connectivity index (χ0) is 14.8. The molecule has 8 heteroatoms. The van der Waals surface area contributed by atoms with Gasteiger partial charge in [-0.2, -0.15) is 5.10 Å². The van der Waals surface area contributed by atoms with Crippen molar-refractivity contribution in [3.8, 4) is 0 Å². The van der Waals surface area contributed by atoms with Gasteiger partial charge in [0.1, 0.15) is 0 Å². The monoisotopic (exact) mass is 289 g/mol. The van der Waals surface area contributed by atoms with Crippen LogP contribution in [0.5, 0.6) is 0 Å². The number of hydrogen-bond acceptors (Lipinski definition) is 5. The Kier molecular flexibility index (Phi) is 3.53. The molecule has 2 aromatic rings. The van der Waals surface area contributed by atoms with E-state index < -0.39 is 4.92 Å². The van der Waals surface area contributed by atoms with Crippen LogP contribution in [0.4, 0.5) is 5.69 Å². The lowest BCUT2D eigenvalue weighted by Crippen LogP contribution is -2.37. The Morgan fingerprint density at radius 2 is 2.38 bits per heavy atom. The Morgan fingerprint density at radius 3 is 3.10 bits per heavy atom. The fourth-order valence-electron chi connectivity index (χ4n) is 2.52. The van der Waals surface area contributed by atoms with Crippen molar-refractivity contribution in [2.24, 2.45) is 0 Å². The fraction of sp³-hybridized carbons (Fsp3) is 0.385. The van der Waals surface area contributed by atoms with Gasteiger partial charge in [0.25, 0.3) is 11.6 Å². The number of amides is 1. The Hall–Kier alpha value is -2.48. The quantitative estimate of drug-likeness (QED) is 0.573. The van der Waals surface area contributed by atoms with E-state index in [2.05, 4.69) is 20.8 Å². The van der Waals surface area contributed by atoms with Crippen LogP contribution in [0.2, 0.25) is 0 Å². The molecule has 1 amide bonds. The summed E-state index contributed by atoms with van der Waals surface area (Å²) >= 11 is 0. The average molecular weight is 289 g/mol. The fourth-order valence-corrected chi connectivity index (χ4v) is 2.52. The van der Waals surface area contributed by atoms with Gasteiger partial charge in [0, 0.05) is 30.1 Å². The number of carbonyl (C=O) groups excluding carboxylic acids is 1. The van der Waals surface area contributed by atoms with E-state index in [1.54, 1.807) is 6.07 Å². The van der Waals surface area contributed by atoms with E-state index in [1.807, 2.05) is 0 Å². The van der Waals surface area contributed by atoms with Gasteiger partial charge in [-0.05, 0) is 25.5 Å². The second-order valence-corrected chi connectivity index (χ2v) is 5.06. The molecule has 1 atom stereocenters. The normalized spacial score (nSPS) is 18.0. The zero-order valence-corrected chi connectivity index (χ0v) is 11.3. The molecule has 8 nitrogen and oxygen atoms in total. The smallest absolute Gasteiger partial charge is 0.272 e. The lowest BCUT2D eigenvalue weighted by molar-refractivity contribution is -0.384. The summed E-state index contributed by atoms with van der Waals surface area (Å²) in [6, 6.07) is 4.58. The highest BCUT2D eigenvalue weighted by atomic mass is 16.6. The molecule has 21 heavy (non-hydrogen) atoms. The molecule has 0 bridgehead atoms. The summed E-state index contributed by atoms with van der Waals surface area (Å²) < 4.78 is 0. The van der Waals surface area contributed by atoms with Crippen LogP contribution in [0.15, 0.2) is 18.2 Å². The van der Waals surface area contributed by atoms with Crippen molar-refractivity contribution in [2.75, 3.05) is 13.1 Å². The van der Waals surface area contributed by atoms with E-state index in [0.717, 1.165) is 19.4 Å². The van der Waals surface area contributed by atoms with Crippen LogP contribution in [0.25, 0.3) is 10.9 Å². The largest absolute Gasteiger partial charge is 0.349 e. The molecule has 1 aliphatic heterocycles. The van der Waals surface area contributed by atoms with Gasteiger partial charge in [-0.25, -0.2) is 0 Å². The second-order valence-electron chi connectivity index (χ2n) is 5.06. The number of nitro groups is 1. The van der Waals surface area contributed by atoms with Crippen molar-refractivity contribution >= 4 is 22.5 Å². The SMILES string of the molecule is O=C(NCC1CCCN1)c1n[nH]c2ccc([N+](=O)[O-])cc12. The zero-order valence-electron chi connectivity index (χ0n) is 11.3. The molecule has 0 aliphatic carbocycles. The number of aromatic nitrogens is 2. The number of nitro benzene ring substituents is 1. The van der Waals surface area contributed by atoms with Gasteiger partial charge in [-0.1, -0.05) is 0 Å². The van der Waals surface area contributed by atoms with Crippen LogP contribution in [-0.4, -0.2) is 40.2 Å². The van der Waals surface area contributed by atoms with Crippen molar-refractivity contribution in [1.82, 2.24) is 20.8 Å². The summed E-state index contributed by atoms with van der Waals surface area (Å²) in [5.41, 5.74) is 0.729.